The summed E-state index contributed by atoms with van der Waals surface area (Å²) in [6, 6.07) is 0. The molecule has 0 fully saturated rings. The first-order chi connectivity index (χ1) is 9.19. The fourth-order valence-corrected chi connectivity index (χ4v) is 2.68. The Hall–Kier alpha value is -2.09. The molecule has 0 aliphatic rings. The van der Waals surface area contributed by atoms with Crippen LogP contribution in [0.3, 0.4) is 0 Å². The van der Waals surface area contributed by atoms with Gasteiger partial charge in [0, 0.05) is 4.88 Å². The van der Waals surface area contributed by atoms with Gasteiger partial charge in [-0.25, -0.2) is 14.6 Å². The second-order valence-electron chi connectivity index (χ2n) is 5.19. The molecule has 1 amide bonds. The number of hydrogen-bond donors (Lipinski definition) is 2. The summed E-state index contributed by atoms with van der Waals surface area (Å²) in [6.07, 6.45) is 0.835. The fraction of sp³-hybridized carbons (Fsp3) is 0.417. The maximum absolute atomic E-state index is 11.7. The third-order valence-corrected chi connectivity index (χ3v) is 3.36. The van der Waals surface area contributed by atoms with E-state index in [1.54, 1.807) is 27.7 Å². The first-order valence-corrected chi connectivity index (χ1v) is 6.71. The van der Waals surface area contributed by atoms with E-state index in [4.69, 9.17) is 4.74 Å². The third-order valence-electron chi connectivity index (χ3n) is 2.36. The number of carbonyl (C=O) groups is 2. The van der Waals surface area contributed by atoms with Crippen molar-refractivity contribution in [2.45, 2.75) is 33.3 Å². The van der Waals surface area contributed by atoms with Gasteiger partial charge in [-0.05, 0) is 27.7 Å². The van der Waals surface area contributed by atoms with Gasteiger partial charge in [-0.1, -0.05) is 0 Å². The molecule has 20 heavy (non-hydrogen) atoms. The first-order valence-electron chi connectivity index (χ1n) is 5.89. The van der Waals surface area contributed by atoms with Gasteiger partial charge >= 0.3 is 12.1 Å². The number of amides is 1. The number of aromatic carboxylic acids is 1. The van der Waals surface area contributed by atoms with E-state index in [0.717, 1.165) is 0 Å². The van der Waals surface area contributed by atoms with E-state index in [1.807, 2.05) is 0 Å². The number of anilines is 1. The molecule has 0 unspecified atom stereocenters. The van der Waals surface area contributed by atoms with Gasteiger partial charge in [0.1, 0.15) is 16.1 Å². The number of ether oxygens (including phenoxy) is 1. The lowest BCUT2D eigenvalue weighted by Gasteiger charge is -2.19. The van der Waals surface area contributed by atoms with Gasteiger partial charge in [-0.3, -0.25) is 9.72 Å². The van der Waals surface area contributed by atoms with Crippen molar-refractivity contribution in [3.05, 3.63) is 16.8 Å². The van der Waals surface area contributed by atoms with Crippen LogP contribution in [0, 0.1) is 6.92 Å². The largest absolute Gasteiger partial charge is 0.477 e. The van der Waals surface area contributed by atoms with Gasteiger partial charge in [-0.15, -0.1) is 11.3 Å². The average molecular weight is 297 g/mol. The molecule has 0 bridgehead atoms. The van der Waals surface area contributed by atoms with Crippen LogP contribution in [0.5, 0.6) is 0 Å². The Bertz CT molecular complexity index is 681. The van der Waals surface area contributed by atoms with Crippen LogP contribution in [0.25, 0.3) is 4.83 Å². The predicted molar refractivity (Wildman–Crippen MR) is 74.6 cm³/mol. The summed E-state index contributed by atoms with van der Waals surface area (Å²) >= 11 is 1.30. The zero-order valence-corrected chi connectivity index (χ0v) is 12.4. The summed E-state index contributed by atoms with van der Waals surface area (Å²) in [5.41, 5.74) is -0.547. The number of fused-ring (bicyclic) bond motifs is 1. The Balaban J connectivity index is 2.36. The molecule has 0 radical (unpaired) electrons. The van der Waals surface area contributed by atoms with Gasteiger partial charge < -0.3 is 9.84 Å². The number of carboxylic acids is 1. The van der Waals surface area contributed by atoms with Gasteiger partial charge in [0.05, 0.1) is 6.20 Å². The maximum Gasteiger partial charge on any atom is 0.414 e. The average Bonchev–Trinajstić information content (AvgIpc) is 2.74. The number of nitrogens with zero attached hydrogens (tertiary/aromatic N) is 2. The fourth-order valence-electron chi connectivity index (χ4n) is 1.72. The molecule has 2 rings (SSSR count). The van der Waals surface area contributed by atoms with Gasteiger partial charge in [0.25, 0.3) is 0 Å². The lowest BCUT2D eigenvalue weighted by Crippen LogP contribution is -2.28. The van der Waals surface area contributed by atoms with Crippen LogP contribution in [-0.2, 0) is 4.74 Å². The van der Waals surface area contributed by atoms with E-state index in [-0.39, 0.29) is 11.6 Å². The molecule has 0 spiro atoms. The smallest absolute Gasteiger partial charge is 0.414 e. The molecule has 2 N–H and O–H groups in total. The summed E-state index contributed by atoms with van der Waals surface area (Å²) in [6.45, 7) is 6.93. The van der Waals surface area contributed by atoms with Crippen molar-refractivity contribution in [2.24, 2.45) is 0 Å². The van der Waals surface area contributed by atoms with Gasteiger partial charge in [0.2, 0.25) is 5.95 Å². The Kier molecular flexibility index (Phi) is 3.43. The highest BCUT2D eigenvalue weighted by molar-refractivity contribution is 7.17. The Morgan fingerprint density at radius 3 is 2.65 bits per heavy atom. The number of hydrogen-bond acceptors (Lipinski definition) is 5. The summed E-state index contributed by atoms with van der Waals surface area (Å²) in [4.78, 5) is 28.3. The first kappa shape index (κ1) is 14.3. The van der Waals surface area contributed by atoms with Crippen molar-refractivity contribution in [1.82, 2.24) is 9.38 Å². The molecule has 2 aromatic rings. The van der Waals surface area contributed by atoms with Crippen LogP contribution in [0.4, 0.5) is 10.7 Å². The number of thiazole rings is 1. The molecule has 0 aromatic carbocycles. The molecular formula is C12H15N3O4S. The number of imidazole rings is 1. The second kappa shape index (κ2) is 4.78. The lowest BCUT2D eigenvalue weighted by atomic mass is 10.2. The summed E-state index contributed by atoms with van der Waals surface area (Å²) < 4.78 is 6.51. The highest BCUT2D eigenvalue weighted by Gasteiger charge is 2.22. The molecule has 2 aromatic heterocycles. The minimum Gasteiger partial charge on any atom is -0.477 e. The molecule has 0 aliphatic carbocycles. The summed E-state index contributed by atoms with van der Waals surface area (Å²) in [5, 5.41) is 11.7. The van der Waals surface area contributed by atoms with Crippen molar-refractivity contribution in [2.75, 3.05) is 5.32 Å². The molecule has 0 atom stereocenters. The maximum atomic E-state index is 11.7. The van der Waals surface area contributed by atoms with Crippen molar-refractivity contribution >= 4 is 34.2 Å². The predicted octanol–water partition coefficient (Wildman–Crippen LogP) is 2.75. The van der Waals surface area contributed by atoms with Crippen molar-refractivity contribution in [1.29, 1.82) is 0 Å². The summed E-state index contributed by atoms with van der Waals surface area (Å²) in [7, 11) is 0. The zero-order valence-electron chi connectivity index (χ0n) is 11.6. The zero-order chi connectivity index (χ0) is 15.1. The van der Waals surface area contributed by atoms with Crippen LogP contribution in [0.1, 0.15) is 36.1 Å². The molecule has 108 valence electrons. The quantitative estimate of drug-likeness (QED) is 0.889. The van der Waals surface area contributed by atoms with Crippen LogP contribution in [-0.4, -0.2) is 32.2 Å². The van der Waals surface area contributed by atoms with Crippen LogP contribution in [0.15, 0.2) is 6.20 Å². The Morgan fingerprint density at radius 2 is 2.10 bits per heavy atom. The van der Waals surface area contributed by atoms with E-state index in [0.29, 0.717) is 9.71 Å². The molecular weight excluding hydrogens is 282 g/mol. The molecule has 2 heterocycles. The number of rotatable bonds is 2. The lowest BCUT2D eigenvalue weighted by molar-refractivity contribution is 0.0630. The van der Waals surface area contributed by atoms with E-state index in [1.165, 1.54) is 21.9 Å². The Labute approximate surface area is 119 Å². The third kappa shape index (κ3) is 2.74. The number of aryl methyl sites for hydroxylation is 1. The normalized spacial score (nSPS) is 11.6. The highest BCUT2D eigenvalue weighted by atomic mass is 32.1. The number of carboxylic acid groups (broad SMARTS) is 1. The second-order valence-corrected chi connectivity index (χ2v) is 6.43. The SMILES string of the molecule is Cc1sc2cnc(NC(=O)OC(C)(C)C)n2c1C(=O)O. The molecule has 7 nitrogen and oxygen atoms in total. The van der Waals surface area contributed by atoms with Gasteiger partial charge in [0.15, 0.2) is 0 Å². The van der Waals surface area contributed by atoms with E-state index < -0.39 is 17.7 Å². The number of aromatic nitrogens is 2. The van der Waals surface area contributed by atoms with Crippen molar-refractivity contribution in [3.63, 3.8) is 0 Å². The van der Waals surface area contributed by atoms with Crippen molar-refractivity contribution < 1.29 is 19.4 Å². The van der Waals surface area contributed by atoms with Crippen LogP contribution >= 0.6 is 11.3 Å². The molecule has 8 heteroatoms. The minimum atomic E-state index is -1.07. The van der Waals surface area contributed by atoms with E-state index >= 15 is 0 Å². The monoisotopic (exact) mass is 297 g/mol. The molecule has 0 saturated heterocycles. The van der Waals surface area contributed by atoms with Crippen LogP contribution in [0.2, 0.25) is 0 Å². The number of nitrogens with one attached hydrogen (secondary N) is 1. The van der Waals surface area contributed by atoms with Crippen molar-refractivity contribution in [3.8, 4) is 0 Å². The topological polar surface area (TPSA) is 92.9 Å². The van der Waals surface area contributed by atoms with E-state index in [2.05, 4.69) is 10.3 Å². The minimum absolute atomic E-state index is 0.0913. The Morgan fingerprint density at radius 1 is 1.45 bits per heavy atom. The summed E-state index contributed by atoms with van der Waals surface area (Å²) in [5.74, 6) is -0.935. The standard InChI is InChI=1S/C12H15N3O4S/c1-6-8(9(16)17)15-7(20-6)5-13-10(15)14-11(18)19-12(2,3)4/h5H,1-4H3,(H,16,17)(H,13,14,18). The van der Waals surface area contributed by atoms with E-state index in [9.17, 15) is 14.7 Å². The van der Waals surface area contributed by atoms with Crippen LogP contribution < -0.4 is 5.32 Å². The van der Waals surface area contributed by atoms with Gasteiger partial charge in [-0.2, -0.15) is 0 Å². The highest BCUT2D eigenvalue weighted by Crippen LogP contribution is 2.26. The number of carbonyl (C=O) groups excluding carboxylic acids is 1. The molecule has 0 aliphatic heterocycles. The molecule has 0 saturated carbocycles.